The van der Waals surface area contributed by atoms with E-state index >= 15 is 0 Å². The lowest BCUT2D eigenvalue weighted by Gasteiger charge is -2.42. The van der Waals surface area contributed by atoms with Crippen LogP contribution in [0.5, 0.6) is 0 Å². The molecule has 0 aliphatic carbocycles. The first-order valence-electron chi connectivity index (χ1n) is 10.1. The quantitative estimate of drug-likeness (QED) is 0.534. The summed E-state index contributed by atoms with van der Waals surface area (Å²) in [7, 11) is 0. The Balaban J connectivity index is 1.31. The van der Waals surface area contributed by atoms with Gasteiger partial charge in [0, 0.05) is 36.5 Å². The van der Waals surface area contributed by atoms with Crippen LogP contribution in [0.15, 0.2) is 51.5 Å². The Morgan fingerprint density at radius 1 is 1.00 bits per heavy atom. The summed E-state index contributed by atoms with van der Waals surface area (Å²) in [6.45, 7) is 5.84. The molecule has 0 saturated carbocycles. The fourth-order valence-electron chi connectivity index (χ4n) is 4.59. The Morgan fingerprint density at radius 2 is 1.86 bits per heavy atom. The molecule has 28 heavy (non-hydrogen) atoms. The van der Waals surface area contributed by atoms with Gasteiger partial charge < -0.3 is 14.2 Å². The van der Waals surface area contributed by atoms with Gasteiger partial charge in [0.1, 0.15) is 16.9 Å². The molecular weight excluding hydrogens is 352 g/mol. The van der Waals surface area contributed by atoms with E-state index in [1.807, 2.05) is 24.3 Å². The van der Waals surface area contributed by atoms with E-state index in [-0.39, 0.29) is 0 Å². The molecule has 2 aliphatic rings. The first kappa shape index (κ1) is 16.1. The molecule has 6 nitrogen and oxygen atoms in total. The Morgan fingerprint density at radius 3 is 2.71 bits per heavy atom. The molecule has 6 rings (SSSR count). The first-order chi connectivity index (χ1) is 13.8. The molecule has 4 heterocycles. The number of furan rings is 1. The topological polar surface area (TPSA) is 58.5 Å². The van der Waals surface area contributed by atoms with Crippen LogP contribution in [0, 0.1) is 5.92 Å². The second kappa shape index (κ2) is 6.34. The monoisotopic (exact) mass is 374 g/mol. The van der Waals surface area contributed by atoms with Crippen molar-refractivity contribution in [1.29, 1.82) is 0 Å². The number of aromatic nitrogens is 2. The van der Waals surface area contributed by atoms with Crippen molar-refractivity contribution in [3.05, 3.63) is 42.5 Å². The van der Waals surface area contributed by atoms with Gasteiger partial charge in [-0.05, 0) is 60.5 Å². The molecule has 2 aliphatic heterocycles. The maximum absolute atomic E-state index is 6.07. The van der Waals surface area contributed by atoms with E-state index < -0.39 is 0 Å². The van der Waals surface area contributed by atoms with Gasteiger partial charge in [0.05, 0.1) is 5.69 Å². The molecule has 4 aromatic rings. The third-order valence-corrected chi connectivity index (χ3v) is 6.06. The van der Waals surface area contributed by atoms with E-state index in [1.165, 1.54) is 32.5 Å². The molecule has 2 aromatic carbocycles. The predicted molar refractivity (Wildman–Crippen MR) is 108 cm³/mol. The zero-order valence-electron chi connectivity index (χ0n) is 15.7. The molecule has 0 N–H and O–H groups in total. The molecular formula is C22H22N4O2. The second-order valence-electron chi connectivity index (χ2n) is 8.05. The molecule has 0 spiro atoms. The molecule has 0 atom stereocenters. The Bertz CT molecular complexity index is 1100. The minimum absolute atomic E-state index is 0.725. The number of para-hydroxylation sites is 1. The van der Waals surface area contributed by atoms with Gasteiger partial charge in [-0.25, -0.2) is 4.63 Å². The molecule has 2 fully saturated rings. The van der Waals surface area contributed by atoms with E-state index in [4.69, 9.17) is 9.05 Å². The zero-order chi connectivity index (χ0) is 18.5. The summed E-state index contributed by atoms with van der Waals surface area (Å²) in [5.41, 5.74) is 4.60. The third kappa shape index (κ3) is 2.67. The standard InChI is InChI=1S/C22H22N4O2/c1-2-6-20-16(5-1)11-21(27-20)17-9-18-22(24-28-23-18)19(10-17)26-13-15(14-26)12-25-7-3-4-8-25/h1-2,5-6,9-11,15H,3-4,7-8,12-14H2. The number of likely N-dealkylation sites (tertiary alicyclic amines) is 1. The van der Waals surface area contributed by atoms with Crippen molar-refractivity contribution < 1.29 is 9.05 Å². The van der Waals surface area contributed by atoms with Crippen LogP contribution in [0.4, 0.5) is 5.69 Å². The summed E-state index contributed by atoms with van der Waals surface area (Å²) in [5.74, 6) is 1.57. The normalized spacial score (nSPS) is 18.4. The van der Waals surface area contributed by atoms with E-state index in [2.05, 4.69) is 38.3 Å². The minimum atomic E-state index is 0.725. The van der Waals surface area contributed by atoms with Crippen molar-refractivity contribution in [2.24, 2.45) is 5.92 Å². The number of nitrogens with zero attached hydrogens (tertiary/aromatic N) is 4. The van der Waals surface area contributed by atoms with E-state index in [9.17, 15) is 0 Å². The summed E-state index contributed by atoms with van der Waals surface area (Å²) >= 11 is 0. The predicted octanol–water partition coefficient (Wildman–Crippen LogP) is 4.17. The lowest BCUT2D eigenvalue weighted by atomic mass is 9.97. The molecule has 2 aromatic heterocycles. The average Bonchev–Trinajstić information content (AvgIpc) is 3.43. The van der Waals surface area contributed by atoms with Crippen LogP contribution >= 0.6 is 0 Å². The maximum Gasteiger partial charge on any atom is 0.158 e. The molecule has 2 saturated heterocycles. The summed E-state index contributed by atoms with van der Waals surface area (Å²) < 4.78 is 11.1. The summed E-state index contributed by atoms with van der Waals surface area (Å²) in [6.07, 6.45) is 2.70. The maximum atomic E-state index is 6.07. The van der Waals surface area contributed by atoms with Gasteiger partial charge in [-0.1, -0.05) is 18.2 Å². The van der Waals surface area contributed by atoms with Crippen molar-refractivity contribution in [3.63, 3.8) is 0 Å². The number of anilines is 1. The van der Waals surface area contributed by atoms with Crippen LogP contribution < -0.4 is 4.90 Å². The molecule has 6 heteroatoms. The van der Waals surface area contributed by atoms with Crippen LogP contribution in [0.2, 0.25) is 0 Å². The van der Waals surface area contributed by atoms with Gasteiger partial charge in [-0.2, -0.15) is 0 Å². The number of fused-ring (bicyclic) bond motifs is 2. The fourth-order valence-corrected chi connectivity index (χ4v) is 4.59. The highest BCUT2D eigenvalue weighted by molar-refractivity contribution is 5.93. The van der Waals surface area contributed by atoms with Crippen molar-refractivity contribution in [2.45, 2.75) is 12.8 Å². The second-order valence-corrected chi connectivity index (χ2v) is 8.05. The summed E-state index contributed by atoms with van der Waals surface area (Å²) in [4.78, 5) is 4.99. The van der Waals surface area contributed by atoms with Crippen molar-refractivity contribution >= 4 is 27.7 Å². The number of rotatable bonds is 4. The average molecular weight is 374 g/mol. The molecule has 142 valence electrons. The van der Waals surface area contributed by atoms with E-state index in [0.717, 1.165) is 58.0 Å². The minimum Gasteiger partial charge on any atom is -0.456 e. The van der Waals surface area contributed by atoms with Crippen LogP contribution in [0.3, 0.4) is 0 Å². The lowest BCUT2D eigenvalue weighted by Crippen LogP contribution is -2.51. The van der Waals surface area contributed by atoms with Gasteiger partial charge in [0.25, 0.3) is 0 Å². The van der Waals surface area contributed by atoms with Gasteiger partial charge in [-0.3, -0.25) is 0 Å². The smallest absolute Gasteiger partial charge is 0.158 e. The van der Waals surface area contributed by atoms with Crippen LogP contribution in [-0.4, -0.2) is 47.9 Å². The first-order valence-corrected chi connectivity index (χ1v) is 10.1. The highest BCUT2D eigenvalue weighted by atomic mass is 16.6. The number of hydrogen-bond acceptors (Lipinski definition) is 6. The van der Waals surface area contributed by atoms with Crippen LogP contribution in [0.25, 0.3) is 33.3 Å². The van der Waals surface area contributed by atoms with Gasteiger partial charge in [0.2, 0.25) is 0 Å². The van der Waals surface area contributed by atoms with Gasteiger partial charge in [0.15, 0.2) is 5.52 Å². The summed E-state index contributed by atoms with van der Waals surface area (Å²) in [6, 6.07) is 14.3. The van der Waals surface area contributed by atoms with E-state index in [0.29, 0.717) is 0 Å². The molecule has 0 bridgehead atoms. The van der Waals surface area contributed by atoms with Crippen molar-refractivity contribution in [2.75, 3.05) is 37.6 Å². The highest BCUT2D eigenvalue weighted by Crippen LogP contribution is 2.37. The summed E-state index contributed by atoms with van der Waals surface area (Å²) in [5, 5.41) is 9.36. The van der Waals surface area contributed by atoms with Crippen LogP contribution in [-0.2, 0) is 0 Å². The molecule has 0 radical (unpaired) electrons. The SMILES string of the molecule is c1ccc2oc(-c3cc(N4CC(CN5CCCC5)C4)c4nonc4c3)cc2c1. The fraction of sp³-hybridized carbons (Fsp3) is 0.364. The van der Waals surface area contributed by atoms with E-state index in [1.54, 1.807) is 0 Å². The largest absolute Gasteiger partial charge is 0.456 e. The molecule has 0 unspecified atom stereocenters. The zero-order valence-corrected chi connectivity index (χ0v) is 15.7. The van der Waals surface area contributed by atoms with Crippen molar-refractivity contribution in [3.8, 4) is 11.3 Å². The number of benzene rings is 2. The number of hydrogen-bond donors (Lipinski definition) is 0. The molecule has 0 amide bonds. The Kier molecular flexibility index (Phi) is 3.65. The Labute approximate surface area is 162 Å². The van der Waals surface area contributed by atoms with Crippen LogP contribution in [0.1, 0.15) is 12.8 Å². The van der Waals surface area contributed by atoms with Gasteiger partial charge >= 0.3 is 0 Å². The Hall–Kier alpha value is -2.86. The lowest BCUT2D eigenvalue weighted by molar-refractivity contribution is 0.247. The highest BCUT2D eigenvalue weighted by Gasteiger charge is 2.31. The van der Waals surface area contributed by atoms with Gasteiger partial charge in [-0.15, -0.1) is 0 Å². The van der Waals surface area contributed by atoms with Crippen molar-refractivity contribution in [1.82, 2.24) is 15.2 Å². The third-order valence-electron chi connectivity index (χ3n) is 6.06.